The van der Waals surface area contributed by atoms with Crippen molar-refractivity contribution in [1.29, 1.82) is 0 Å². The quantitative estimate of drug-likeness (QED) is 0.706. The molecule has 1 aromatic rings. The van der Waals surface area contributed by atoms with Gasteiger partial charge in [0.25, 0.3) is 0 Å². The van der Waals surface area contributed by atoms with E-state index in [-0.39, 0.29) is 11.9 Å². The van der Waals surface area contributed by atoms with Crippen LogP contribution in [0, 0.1) is 6.92 Å². The number of nitrogen functional groups attached to an aromatic ring is 1. The molecule has 1 saturated heterocycles. The molecule has 0 bridgehead atoms. The molecule has 92 valence electrons. The van der Waals surface area contributed by atoms with E-state index in [0.29, 0.717) is 17.2 Å². The fourth-order valence-electron chi connectivity index (χ4n) is 2.05. The Kier molecular flexibility index (Phi) is 3.23. The van der Waals surface area contributed by atoms with Crippen LogP contribution in [0.25, 0.3) is 0 Å². The number of carbonyl (C=O) groups is 1. The highest BCUT2D eigenvalue weighted by Crippen LogP contribution is 2.23. The van der Waals surface area contributed by atoms with Gasteiger partial charge in [-0.05, 0) is 19.8 Å². The Labute approximate surface area is 100 Å². The van der Waals surface area contributed by atoms with Gasteiger partial charge in [-0.15, -0.1) is 0 Å². The zero-order valence-corrected chi connectivity index (χ0v) is 9.89. The topological polar surface area (TPSA) is 98.1 Å². The summed E-state index contributed by atoms with van der Waals surface area (Å²) >= 11 is 0. The van der Waals surface area contributed by atoms with Crippen LogP contribution in [0.3, 0.4) is 0 Å². The van der Waals surface area contributed by atoms with Gasteiger partial charge in [-0.3, -0.25) is 4.79 Å². The van der Waals surface area contributed by atoms with Crippen LogP contribution in [0.5, 0.6) is 0 Å². The van der Waals surface area contributed by atoms with Crippen LogP contribution < -0.4 is 16.4 Å². The normalized spacial score (nSPS) is 17.2. The second-order valence-corrected chi connectivity index (χ2v) is 4.34. The second-order valence-electron chi connectivity index (χ2n) is 4.34. The van der Waals surface area contributed by atoms with Crippen LogP contribution >= 0.6 is 0 Å². The number of aryl methyl sites for hydroxylation is 1. The van der Waals surface area contributed by atoms with Crippen molar-refractivity contribution in [2.75, 3.05) is 23.7 Å². The highest BCUT2D eigenvalue weighted by molar-refractivity contribution is 5.88. The molecule has 6 nitrogen and oxygen atoms in total. The summed E-state index contributed by atoms with van der Waals surface area (Å²) in [4.78, 5) is 21.4. The lowest BCUT2D eigenvalue weighted by Gasteiger charge is -2.31. The number of piperidine rings is 1. The molecular formula is C11H17N5O. The third kappa shape index (κ3) is 2.36. The molecule has 0 unspecified atom stereocenters. The number of hydrogen-bond acceptors (Lipinski definition) is 6. The first kappa shape index (κ1) is 11.8. The molecule has 0 aliphatic carbocycles. The average molecular weight is 235 g/mol. The fourth-order valence-corrected chi connectivity index (χ4v) is 2.05. The van der Waals surface area contributed by atoms with Crippen LogP contribution in [0.1, 0.15) is 29.0 Å². The SMILES string of the molecule is Cc1nc(N)c(C=O)c(N2CCC(N)CC2)n1. The first-order valence-corrected chi connectivity index (χ1v) is 5.71. The lowest BCUT2D eigenvalue weighted by molar-refractivity contribution is 0.112. The maximum Gasteiger partial charge on any atom is 0.157 e. The number of carbonyl (C=O) groups excluding carboxylic acids is 1. The van der Waals surface area contributed by atoms with Crippen LogP contribution in [0.4, 0.5) is 11.6 Å². The molecule has 0 amide bonds. The Morgan fingerprint density at radius 3 is 2.59 bits per heavy atom. The number of aldehydes is 1. The summed E-state index contributed by atoms with van der Waals surface area (Å²) in [6.45, 7) is 3.37. The van der Waals surface area contributed by atoms with Crippen molar-refractivity contribution in [3.05, 3.63) is 11.4 Å². The summed E-state index contributed by atoms with van der Waals surface area (Å²) in [5.41, 5.74) is 12.0. The molecule has 1 aliphatic rings. The van der Waals surface area contributed by atoms with Crippen molar-refractivity contribution in [3.63, 3.8) is 0 Å². The van der Waals surface area contributed by atoms with Crippen molar-refractivity contribution < 1.29 is 4.79 Å². The largest absolute Gasteiger partial charge is 0.383 e. The molecule has 6 heteroatoms. The van der Waals surface area contributed by atoms with Crippen LogP contribution in [0.2, 0.25) is 0 Å². The third-order valence-electron chi connectivity index (χ3n) is 3.02. The number of nitrogens with zero attached hydrogens (tertiary/aromatic N) is 3. The van der Waals surface area contributed by atoms with Gasteiger partial charge < -0.3 is 16.4 Å². The standard InChI is InChI=1S/C11H17N5O/c1-7-14-10(13)9(6-17)11(15-7)16-4-2-8(12)3-5-16/h6,8H,2-5,12H2,1H3,(H2,13,14,15). The maximum atomic E-state index is 11.1. The minimum Gasteiger partial charge on any atom is -0.383 e. The molecule has 1 fully saturated rings. The average Bonchev–Trinajstić information content (AvgIpc) is 2.29. The number of aromatic nitrogens is 2. The van der Waals surface area contributed by atoms with E-state index in [9.17, 15) is 4.79 Å². The van der Waals surface area contributed by atoms with Gasteiger partial charge >= 0.3 is 0 Å². The summed E-state index contributed by atoms with van der Waals surface area (Å²) in [5, 5.41) is 0. The monoisotopic (exact) mass is 235 g/mol. The summed E-state index contributed by atoms with van der Waals surface area (Å²) in [5.74, 6) is 1.47. The summed E-state index contributed by atoms with van der Waals surface area (Å²) < 4.78 is 0. The maximum absolute atomic E-state index is 11.1. The molecule has 1 aliphatic heterocycles. The van der Waals surface area contributed by atoms with Gasteiger partial charge in [0, 0.05) is 19.1 Å². The predicted octanol–water partition coefficient (Wildman–Crippen LogP) is 0.107. The highest BCUT2D eigenvalue weighted by Gasteiger charge is 2.21. The van der Waals surface area contributed by atoms with Gasteiger partial charge in [-0.25, -0.2) is 9.97 Å². The number of hydrogen-bond donors (Lipinski definition) is 2. The molecule has 4 N–H and O–H groups in total. The van der Waals surface area contributed by atoms with Gasteiger partial charge in [-0.1, -0.05) is 0 Å². The molecule has 0 radical (unpaired) electrons. The third-order valence-corrected chi connectivity index (χ3v) is 3.02. The lowest BCUT2D eigenvalue weighted by atomic mass is 10.1. The van der Waals surface area contributed by atoms with E-state index in [0.717, 1.165) is 32.2 Å². The van der Waals surface area contributed by atoms with Crippen molar-refractivity contribution in [3.8, 4) is 0 Å². The first-order valence-electron chi connectivity index (χ1n) is 5.71. The van der Waals surface area contributed by atoms with E-state index >= 15 is 0 Å². The molecule has 1 aromatic heterocycles. The van der Waals surface area contributed by atoms with E-state index in [1.165, 1.54) is 0 Å². The predicted molar refractivity (Wildman–Crippen MR) is 66.0 cm³/mol. The number of rotatable bonds is 2. The molecule has 0 spiro atoms. The molecule has 2 rings (SSSR count). The summed E-state index contributed by atoms with van der Waals surface area (Å²) in [6, 6.07) is 0.242. The summed E-state index contributed by atoms with van der Waals surface area (Å²) in [7, 11) is 0. The van der Waals surface area contributed by atoms with Crippen molar-refractivity contribution in [2.45, 2.75) is 25.8 Å². The molecule has 0 atom stereocenters. The van der Waals surface area contributed by atoms with Gasteiger partial charge in [0.15, 0.2) is 6.29 Å². The molecular weight excluding hydrogens is 218 g/mol. The van der Waals surface area contributed by atoms with E-state index in [2.05, 4.69) is 14.9 Å². The summed E-state index contributed by atoms with van der Waals surface area (Å²) in [6.07, 6.45) is 2.53. The van der Waals surface area contributed by atoms with Gasteiger partial charge in [0.05, 0.1) is 5.56 Å². The zero-order chi connectivity index (χ0) is 12.4. The first-order chi connectivity index (χ1) is 8.11. The molecule has 2 heterocycles. The Bertz CT molecular complexity index is 426. The Hall–Kier alpha value is -1.69. The van der Waals surface area contributed by atoms with Crippen molar-refractivity contribution >= 4 is 17.9 Å². The Morgan fingerprint density at radius 2 is 2.00 bits per heavy atom. The van der Waals surface area contributed by atoms with Crippen molar-refractivity contribution in [1.82, 2.24) is 9.97 Å². The zero-order valence-electron chi connectivity index (χ0n) is 9.89. The number of anilines is 2. The van der Waals surface area contributed by atoms with E-state index in [1.807, 2.05) is 0 Å². The fraction of sp³-hybridized carbons (Fsp3) is 0.545. The highest BCUT2D eigenvalue weighted by atomic mass is 16.1. The van der Waals surface area contributed by atoms with E-state index < -0.39 is 0 Å². The Morgan fingerprint density at radius 1 is 1.35 bits per heavy atom. The van der Waals surface area contributed by atoms with Gasteiger partial charge in [0.1, 0.15) is 17.5 Å². The molecule has 0 saturated carbocycles. The van der Waals surface area contributed by atoms with Crippen molar-refractivity contribution in [2.24, 2.45) is 5.73 Å². The molecule has 17 heavy (non-hydrogen) atoms. The van der Waals surface area contributed by atoms with E-state index in [1.54, 1.807) is 6.92 Å². The number of nitrogens with two attached hydrogens (primary N) is 2. The van der Waals surface area contributed by atoms with Crippen LogP contribution in [-0.2, 0) is 0 Å². The Balaban J connectivity index is 2.34. The lowest BCUT2D eigenvalue weighted by Crippen LogP contribution is -2.40. The molecule has 0 aromatic carbocycles. The minimum absolute atomic E-state index is 0.242. The van der Waals surface area contributed by atoms with Crippen LogP contribution in [-0.4, -0.2) is 35.4 Å². The van der Waals surface area contributed by atoms with E-state index in [4.69, 9.17) is 11.5 Å². The second kappa shape index (κ2) is 4.67. The van der Waals surface area contributed by atoms with Crippen LogP contribution in [0.15, 0.2) is 0 Å². The smallest absolute Gasteiger partial charge is 0.157 e. The van der Waals surface area contributed by atoms with Gasteiger partial charge in [-0.2, -0.15) is 0 Å². The van der Waals surface area contributed by atoms with Gasteiger partial charge in [0.2, 0.25) is 0 Å². The minimum atomic E-state index is 0.242.